The first-order valence-corrected chi connectivity index (χ1v) is 9.19. The maximum Gasteiger partial charge on any atom is 0.274 e. The van der Waals surface area contributed by atoms with Crippen molar-refractivity contribution in [2.45, 2.75) is 30.3 Å². The summed E-state index contributed by atoms with van der Waals surface area (Å²) in [5, 5.41) is -0.556. The van der Waals surface area contributed by atoms with Crippen LogP contribution in [0.2, 0.25) is 0 Å². The molecule has 1 spiro atoms. The Bertz CT molecular complexity index is 740. The second kappa shape index (κ2) is 4.96. The molecule has 4 heterocycles. The molecular formula is C14H18N4O4S. The van der Waals surface area contributed by atoms with E-state index in [1.54, 1.807) is 4.90 Å². The number of morpholine rings is 1. The highest BCUT2D eigenvalue weighted by Crippen LogP contribution is 2.46. The van der Waals surface area contributed by atoms with E-state index in [1.807, 2.05) is 6.92 Å². The minimum atomic E-state index is -3.35. The largest absolute Gasteiger partial charge is 0.365 e. The van der Waals surface area contributed by atoms with Crippen molar-refractivity contribution in [3.05, 3.63) is 24.3 Å². The molecule has 124 valence electrons. The monoisotopic (exact) mass is 338 g/mol. The lowest BCUT2D eigenvalue weighted by Crippen LogP contribution is -2.56. The zero-order valence-electron chi connectivity index (χ0n) is 12.8. The summed E-state index contributed by atoms with van der Waals surface area (Å²) in [4.78, 5) is 22.2. The van der Waals surface area contributed by atoms with E-state index in [9.17, 15) is 13.2 Å². The molecule has 1 aromatic heterocycles. The first-order chi connectivity index (χ1) is 11.0. The Morgan fingerprint density at radius 3 is 2.96 bits per heavy atom. The van der Waals surface area contributed by atoms with Gasteiger partial charge in [-0.25, -0.2) is 13.4 Å². The zero-order chi connectivity index (χ0) is 16.2. The Kier molecular flexibility index (Phi) is 3.23. The first kappa shape index (κ1) is 15.0. The molecule has 8 nitrogen and oxygen atoms in total. The second-order valence-corrected chi connectivity index (χ2v) is 8.39. The predicted octanol–water partition coefficient (Wildman–Crippen LogP) is -0.506. The number of rotatable bonds is 2. The molecule has 3 fully saturated rings. The fourth-order valence-electron chi connectivity index (χ4n) is 3.96. The number of amides is 1. The lowest BCUT2D eigenvalue weighted by Gasteiger charge is -2.39. The van der Waals surface area contributed by atoms with E-state index in [2.05, 4.69) is 9.97 Å². The molecule has 0 aliphatic carbocycles. The average molecular weight is 338 g/mol. The number of hydrogen-bond acceptors (Lipinski definition) is 6. The van der Waals surface area contributed by atoms with Crippen molar-refractivity contribution in [3.63, 3.8) is 0 Å². The molecule has 0 N–H and O–H groups in total. The van der Waals surface area contributed by atoms with Gasteiger partial charge in [-0.2, -0.15) is 4.31 Å². The van der Waals surface area contributed by atoms with Crippen LogP contribution in [-0.4, -0.2) is 76.6 Å². The highest BCUT2D eigenvalue weighted by Gasteiger charge is 2.65. The second-order valence-electron chi connectivity index (χ2n) is 6.28. The molecule has 9 heteroatoms. The molecule has 3 saturated heterocycles. The smallest absolute Gasteiger partial charge is 0.274 e. The third kappa shape index (κ3) is 2.10. The van der Waals surface area contributed by atoms with Crippen molar-refractivity contribution in [2.75, 3.05) is 26.2 Å². The van der Waals surface area contributed by atoms with Gasteiger partial charge in [0.05, 0.1) is 18.8 Å². The Morgan fingerprint density at radius 1 is 1.43 bits per heavy atom. The molecule has 23 heavy (non-hydrogen) atoms. The van der Waals surface area contributed by atoms with E-state index >= 15 is 0 Å². The summed E-state index contributed by atoms with van der Waals surface area (Å²) in [6.45, 7) is 3.23. The van der Waals surface area contributed by atoms with Gasteiger partial charge in [0.15, 0.2) is 0 Å². The topological polar surface area (TPSA) is 92.7 Å². The van der Waals surface area contributed by atoms with Crippen LogP contribution in [0.15, 0.2) is 18.6 Å². The highest BCUT2D eigenvalue weighted by atomic mass is 32.2. The zero-order valence-corrected chi connectivity index (χ0v) is 13.6. The number of carbonyl (C=O) groups is 1. The molecule has 0 unspecified atom stereocenters. The molecule has 3 atom stereocenters. The third-order valence-electron chi connectivity index (χ3n) is 4.93. The fourth-order valence-corrected chi connectivity index (χ4v) is 6.29. The van der Waals surface area contributed by atoms with Crippen LogP contribution in [0.25, 0.3) is 0 Å². The molecule has 1 aromatic rings. The number of fused-ring (bicyclic) bond motifs is 1. The molecule has 0 radical (unpaired) electrons. The van der Waals surface area contributed by atoms with Crippen molar-refractivity contribution >= 4 is 15.9 Å². The molecule has 0 saturated carbocycles. The van der Waals surface area contributed by atoms with Crippen LogP contribution in [0.5, 0.6) is 0 Å². The Balaban J connectivity index is 1.64. The fraction of sp³-hybridized carbons (Fsp3) is 0.643. The third-order valence-corrected chi connectivity index (χ3v) is 7.38. The number of carbonyl (C=O) groups excluding carboxylic acids is 1. The minimum Gasteiger partial charge on any atom is -0.365 e. The number of nitrogens with zero attached hydrogens (tertiary/aromatic N) is 4. The summed E-state index contributed by atoms with van der Waals surface area (Å²) in [5.74, 6) is -0.223. The quantitative estimate of drug-likeness (QED) is 0.721. The summed E-state index contributed by atoms with van der Waals surface area (Å²) < 4.78 is 32.7. The molecular weight excluding hydrogens is 320 g/mol. The van der Waals surface area contributed by atoms with Crippen LogP contribution < -0.4 is 0 Å². The van der Waals surface area contributed by atoms with E-state index < -0.39 is 20.9 Å². The van der Waals surface area contributed by atoms with Gasteiger partial charge in [-0.1, -0.05) is 6.92 Å². The van der Waals surface area contributed by atoms with Gasteiger partial charge in [0.25, 0.3) is 5.91 Å². The number of likely N-dealkylation sites (tertiary alicyclic amines) is 1. The van der Waals surface area contributed by atoms with Gasteiger partial charge < -0.3 is 9.64 Å². The summed E-state index contributed by atoms with van der Waals surface area (Å²) in [6.07, 6.45) is 4.63. The Morgan fingerprint density at radius 2 is 2.26 bits per heavy atom. The first-order valence-electron chi connectivity index (χ1n) is 7.68. The van der Waals surface area contributed by atoms with Crippen LogP contribution in [0.3, 0.4) is 0 Å². The Labute approximate surface area is 134 Å². The van der Waals surface area contributed by atoms with Crippen LogP contribution in [0.4, 0.5) is 0 Å². The van der Waals surface area contributed by atoms with E-state index in [1.165, 1.54) is 22.9 Å². The number of sulfonamides is 1. The molecule has 3 aliphatic rings. The number of likely N-dealkylation sites (N-methyl/N-ethyl adjacent to an activating group) is 1. The maximum absolute atomic E-state index is 12.6. The van der Waals surface area contributed by atoms with E-state index in [0.29, 0.717) is 26.1 Å². The lowest BCUT2D eigenvalue weighted by atomic mass is 9.99. The molecule has 4 rings (SSSR count). The van der Waals surface area contributed by atoms with Gasteiger partial charge >= 0.3 is 0 Å². The van der Waals surface area contributed by atoms with Gasteiger partial charge in [0.2, 0.25) is 10.0 Å². The minimum absolute atomic E-state index is 0.223. The van der Waals surface area contributed by atoms with E-state index in [-0.39, 0.29) is 24.2 Å². The summed E-state index contributed by atoms with van der Waals surface area (Å²) >= 11 is 0. The summed E-state index contributed by atoms with van der Waals surface area (Å²) in [6, 6.07) is 0. The van der Waals surface area contributed by atoms with Gasteiger partial charge in [0, 0.05) is 32.0 Å². The van der Waals surface area contributed by atoms with Crippen molar-refractivity contribution < 1.29 is 17.9 Å². The summed E-state index contributed by atoms with van der Waals surface area (Å²) in [5.41, 5.74) is -0.537. The van der Waals surface area contributed by atoms with Crippen molar-refractivity contribution in [2.24, 2.45) is 0 Å². The molecule has 0 aromatic carbocycles. The standard InChI is InChI=1S/C14H18N4O4S/c1-2-18-9-14-8-17(13(19)11-6-15-3-4-16-11)7-10(22-14)5-12(14)23(18,20)21/h3-4,6,10,12H,2,5,7-9H2,1H3/t10-,12+,14+/m1/s1. The van der Waals surface area contributed by atoms with Crippen LogP contribution in [-0.2, 0) is 14.8 Å². The van der Waals surface area contributed by atoms with Crippen molar-refractivity contribution in [1.82, 2.24) is 19.2 Å². The van der Waals surface area contributed by atoms with Crippen LogP contribution in [0, 0.1) is 0 Å². The molecule has 3 aliphatic heterocycles. The molecule has 1 amide bonds. The van der Waals surface area contributed by atoms with E-state index in [4.69, 9.17) is 4.74 Å². The van der Waals surface area contributed by atoms with Crippen LogP contribution >= 0.6 is 0 Å². The number of aromatic nitrogens is 2. The predicted molar refractivity (Wildman–Crippen MR) is 80.1 cm³/mol. The normalized spacial score (nSPS) is 35.3. The highest BCUT2D eigenvalue weighted by molar-refractivity contribution is 7.90. The SMILES string of the molecule is CCN1C[C@@]23CN(C(=O)c4cnccn4)C[C@@H](C[C@@H]2S1(=O)=O)O3. The number of ether oxygens (including phenoxy) is 1. The van der Waals surface area contributed by atoms with Gasteiger partial charge in [-0.15, -0.1) is 0 Å². The average Bonchev–Trinajstić information content (AvgIpc) is 2.93. The lowest BCUT2D eigenvalue weighted by molar-refractivity contribution is -0.0975. The molecule has 2 bridgehead atoms. The van der Waals surface area contributed by atoms with Crippen molar-refractivity contribution in [1.29, 1.82) is 0 Å². The Hall–Kier alpha value is -1.58. The maximum atomic E-state index is 12.6. The van der Waals surface area contributed by atoms with E-state index in [0.717, 1.165) is 0 Å². The van der Waals surface area contributed by atoms with Gasteiger partial charge in [-0.05, 0) is 6.42 Å². The number of hydrogen-bond donors (Lipinski definition) is 0. The van der Waals surface area contributed by atoms with Gasteiger partial charge in [0.1, 0.15) is 16.5 Å². The van der Waals surface area contributed by atoms with Crippen LogP contribution in [0.1, 0.15) is 23.8 Å². The van der Waals surface area contributed by atoms with Gasteiger partial charge in [-0.3, -0.25) is 9.78 Å². The summed E-state index contributed by atoms with van der Waals surface area (Å²) in [7, 11) is -3.35. The van der Waals surface area contributed by atoms with Crippen molar-refractivity contribution in [3.8, 4) is 0 Å².